The average Bonchev–Trinajstić information content (AvgIpc) is 2.51. The van der Waals surface area contributed by atoms with Gasteiger partial charge in [-0.05, 0) is 17.9 Å². The van der Waals surface area contributed by atoms with Gasteiger partial charge in [-0.2, -0.15) is 0 Å². The predicted octanol–water partition coefficient (Wildman–Crippen LogP) is 3.53. The van der Waals surface area contributed by atoms with Crippen LogP contribution < -0.4 is 5.32 Å². The van der Waals surface area contributed by atoms with E-state index in [2.05, 4.69) is 12.2 Å². The maximum atomic E-state index is 12.0. The summed E-state index contributed by atoms with van der Waals surface area (Å²) in [6, 6.07) is 9.79. The lowest BCUT2D eigenvalue weighted by molar-refractivity contribution is 0.0657. The highest BCUT2D eigenvalue weighted by Crippen LogP contribution is 2.14. The lowest BCUT2D eigenvalue weighted by Crippen LogP contribution is -2.40. The smallest absolute Gasteiger partial charge is 0.407 e. The monoisotopic (exact) mass is 307 g/mol. The van der Waals surface area contributed by atoms with Gasteiger partial charge in [-0.15, -0.1) is 0 Å². The van der Waals surface area contributed by atoms with Crippen LogP contribution in [0.1, 0.15) is 45.6 Å². The van der Waals surface area contributed by atoms with Crippen molar-refractivity contribution in [3.63, 3.8) is 0 Å². The third kappa shape index (κ3) is 6.94. The number of hydrogen-bond acceptors (Lipinski definition) is 3. The van der Waals surface area contributed by atoms with Gasteiger partial charge in [0, 0.05) is 6.42 Å². The molecule has 22 heavy (non-hydrogen) atoms. The summed E-state index contributed by atoms with van der Waals surface area (Å²) in [5.74, 6) is 0.231. The molecule has 2 atom stereocenters. The lowest BCUT2D eigenvalue weighted by Gasteiger charge is -2.23. The average molecular weight is 307 g/mol. The van der Waals surface area contributed by atoms with Crippen LogP contribution in [0.3, 0.4) is 0 Å². The van der Waals surface area contributed by atoms with Gasteiger partial charge < -0.3 is 15.2 Å². The fourth-order valence-electron chi connectivity index (χ4n) is 2.26. The molecule has 0 saturated carbocycles. The molecule has 1 aromatic rings. The summed E-state index contributed by atoms with van der Waals surface area (Å²) < 4.78 is 5.57. The number of aliphatic hydroxyl groups is 1. The van der Waals surface area contributed by atoms with Gasteiger partial charge in [-0.3, -0.25) is 0 Å². The van der Waals surface area contributed by atoms with Crippen molar-refractivity contribution in [2.24, 2.45) is 5.92 Å². The Morgan fingerprint density at radius 3 is 2.50 bits per heavy atom. The molecule has 0 aromatic heterocycles. The second kappa shape index (κ2) is 10.2. The normalized spacial score (nSPS) is 13.7. The number of rotatable bonds is 9. The van der Waals surface area contributed by atoms with E-state index in [9.17, 15) is 9.90 Å². The van der Waals surface area contributed by atoms with Crippen LogP contribution in [0.2, 0.25) is 0 Å². The van der Waals surface area contributed by atoms with Crippen LogP contribution in [-0.2, 0) is 11.2 Å². The Morgan fingerprint density at radius 1 is 1.27 bits per heavy atom. The Kier molecular flexibility index (Phi) is 8.60. The minimum Gasteiger partial charge on any atom is -0.446 e. The fraction of sp³-hybridized carbons (Fsp3) is 0.611. The van der Waals surface area contributed by atoms with Crippen molar-refractivity contribution in [1.29, 1.82) is 0 Å². The van der Waals surface area contributed by atoms with Gasteiger partial charge in [0.25, 0.3) is 0 Å². The molecular weight excluding hydrogens is 278 g/mol. The number of ether oxygens (including phenoxy) is 1. The van der Waals surface area contributed by atoms with Crippen molar-refractivity contribution in [1.82, 2.24) is 5.32 Å². The first kappa shape index (κ1) is 18.5. The molecule has 0 heterocycles. The van der Waals surface area contributed by atoms with Crippen LogP contribution >= 0.6 is 0 Å². The highest BCUT2D eigenvalue weighted by Gasteiger charge is 2.20. The molecule has 0 bridgehead atoms. The molecule has 0 spiro atoms. The van der Waals surface area contributed by atoms with Gasteiger partial charge in [0.2, 0.25) is 0 Å². The minimum absolute atomic E-state index is 0.0554. The highest BCUT2D eigenvalue weighted by atomic mass is 16.6. The van der Waals surface area contributed by atoms with E-state index >= 15 is 0 Å². The number of alkyl carbamates (subject to hydrolysis) is 1. The molecule has 4 nitrogen and oxygen atoms in total. The van der Waals surface area contributed by atoms with E-state index in [0.717, 1.165) is 24.8 Å². The van der Waals surface area contributed by atoms with E-state index < -0.39 is 6.09 Å². The number of aliphatic hydroxyl groups excluding tert-OH is 1. The van der Waals surface area contributed by atoms with E-state index in [0.29, 0.717) is 6.42 Å². The first-order chi connectivity index (χ1) is 10.6. The molecule has 1 rings (SSSR count). The van der Waals surface area contributed by atoms with E-state index in [-0.39, 0.29) is 24.7 Å². The van der Waals surface area contributed by atoms with Gasteiger partial charge in [-0.1, -0.05) is 63.9 Å². The summed E-state index contributed by atoms with van der Waals surface area (Å²) in [6.07, 6.45) is 2.87. The molecule has 0 aliphatic carbocycles. The number of hydrogen-bond donors (Lipinski definition) is 2. The van der Waals surface area contributed by atoms with Crippen molar-refractivity contribution in [2.75, 3.05) is 6.61 Å². The number of nitrogens with one attached hydrogen (secondary N) is 1. The van der Waals surface area contributed by atoms with Crippen molar-refractivity contribution < 1.29 is 14.6 Å². The SMILES string of the molecule is CCCC[C@@H](CO)NC(=O)O[C@H](Cc1ccccc1)C(C)C. The Morgan fingerprint density at radius 2 is 1.95 bits per heavy atom. The third-order valence-electron chi connectivity index (χ3n) is 3.73. The zero-order valence-corrected chi connectivity index (χ0v) is 13.9. The largest absolute Gasteiger partial charge is 0.446 e. The molecule has 0 aliphatic heterocycles. The van der Waals surface area contributed by atoms with Crippen LogP contribution in [0, 0.1) is 5.92 Å². The highest BCUT2D eigenvalue weighted by molar-refractivity contribution is 5.67. The zero-order chi connectivity index (χ0) is 16.4. The zero-order valence-electron chi connectivity index (χ0n) is 13.9. The van der Waals surface area contributed by atoms with Gasteiger partial charge in [0.1, 0.15) is 6.10 Å². The first-order valence-electron chi connectivity index (χ1n) is 8.18. The van der Waals surface area contributed by atoms with Gasteiger partial charge in [0.15, 0.2) is 0 Å². The number of amides is 1. The molecular formula is C18H29NO3. The fourth-order valence-corrected chi connectivity index (χ4v) is 2.26. The molecule has 0 radical (unpaired) electrons. The molecule has 0 fully saturated rings. The van der Waals surface area contributed by atoms with Gasteiger partial charge in [0.05, 0.1) is 12.6 Å². The van der Waals surface area contributed by atoms with E-state index in [1.807, 2.05) is 44.2 Å². The number of carbonyl (C=O) groups excluding carboxylic acids is 1. The van der Waals surface area contributed by atoms with E-state index in [1.165, 1.54) is 0 Å². The van der Waals surface area contributed by atoms with E-state index in [4.69, 9.17) is 4.74 Å². The van der Waals surface area contributed by atoms with Crippen LogP contribution in [-0.4, -0.2) is 30.0 Å². The van der Waals surface area contributed by atoms with Crippen molar-refractivity contribution in [3.05, 3.63) is 35.9 Å². The van der Waals surface area contributed by atoms with Crippen molar-refractivity contribution in [2.45, 2.75) is 58.6 Å². The topological polar surface area (TPSA) is 58.6 Å². The van der Waals surface area contributed by atoms with Crippen LogP contribution in [0.25, 0.3) is 0 Å². The summed E-state index contributed by atoms with van der Waals surface area (Å²) in [4.78, 5) is 12.0. The Hall–Kier alpha value is -1.55. The number of unbranched alkanes of at least 4 members (excludes halogenated alkanes) is 1. The summed E-state index contributed by atoms with van der Waals surface area (Å²) in [5.41, 5.74) is 1.15. The minimum atomic E-state index is -0.440. The first-order valence-corrected chi connectivity index (χ1v) is 8.18. The summed E-state index contributed by atoms with van der Waals surface area (Å²) in [6.45, 7) is 6.12. The standard InChI is InChI=1S/C18H29NO3/c1-4-5-11-16(13-20)19-18(21)22-17(14(2)3)12-15-9-7-6-8-10-15/h6-10,14,16-17,20H,4-5,11-13H2,1-3H3,(H,19,21)/t16-,17+/m0/s1. The quantitative estimate of drug-likeness (QED) is 0.733. The summed E-state index contributed by atoms with van der Waals surface area (Å²) in [7, 11) is 0. The van der Waals surface area contributed by atoms with Crippen LogP contribution in [0.4, 0.5) is 4.79 Å². The Balaban J connectivity index is 2.53. The molecule has 2 N–H and O–H groups in total. The maximum absolute atomic E-state index is 12.0. The molecule has 4 heteroatoms. The molecule has 0 aliphatic rings. The second-order valence-electron chi connectivity index (χ2n) is 6.04. The van der Waals surface area contributed by atoms with Crippen LogP contribution in [0.15, 0.2) is 30.3 Å². The number of benzene rings is 1. The second-order valence-corrected chi connectivity index (χ2v) is 6.04. The Bertz CT molecular complexity index is 420. The summed E-state index contributed by atoms with van der Waals surface area (Å²) in [5, 5.41) is 12.1. The predicted molar refractivity (Wildman–Crippen MR) is 88.8 cm³/mol. The van der Waals surface area contributed by atoms with Crippen molar-refractivity contribution >= 4 is 6.09 Å². The lowest BCUT2D eigenvalue weighted by atomic mass is 9.99. The third-order valence-corrected chi connectivity index (χ3v) is 3.73. The van der Waals surface area contributed by atoms with E-state index in [1.54, 1.807) is 0 Å². The molecule has 0 saturated heterocycles. The maximum Gasteiger partial charge on any atom is 0.407 e. The van der Waals surface area contributed by atoms with Crippen LogP contribution in [0.5, 0.6) is 0 Å². The summed E-state index contributed by atoms with van der Waals surface area (Å²) >= 11 is 0. The molecule has 1 amide bonds. The Labute approximate surface area is 133 Å². The van der Waals surface area contributed by atoms with Gasteiger partial charge >= 0.3 is 6.09 Å². The molecule has 124 valence electrons. The molecule has 0 unspecified atom stereocenters. The van der Waals surface area contributed by atoms with Crippen molar-refractivity contribution in [3.8, 4) is 0 Å². The van der Waals surface area contributed by atoms with Gasteiger partial charge in [-0.25, -0.2) is 4.79 Å². The molecule has 1 aromatic carbocycles. The number of carbonyl (C=O) groups is 1.